The lowest BCUT2D eigenvalue weighted by atomic mass is 9.86. The highest BCUT2D eigenvalue weighted by molar-refractivity contribution is 5.11. The van der Waals surface area contributed by atoms with Crippen LogP contribution in [0.15, 0.2) is 35.5 Å². The van der Waals surface area contributed by atoms with E-state index in [1.165, 1.54) is 24.0 Å². The van der Waals surface area contributed by atoms with E-state index in [2.05, 4.69) is 58.9 Å². The molecule has 2 nitrogen and oxygen atoms in total. The van der Waals surface area contributed by atoms with Gasteiger partial charge in [-0.2, -0.15) is 0 Å². The molecule has 2 heteroatoms. The molecule has 1 aliphatic rings. The van der Waals surface area contributed by atoms with Gasteiger partial charge in [0.15, 0.2) is 0 Å². The molecule has 0 saturated carbocycles. The van der Waals surface area contributed by atoms with Crippen LogP contribution in [0, 0.1) is 11.8 Å². The number of methoxy groups -OCH3 is 2. The van der Waals surface area contributed by atoms with Gasteiger partial charge in [-0.1, -0.05) is 49.3 Å². The molecule has 0 spiro atoms. The minimum Gasteiger partial charge on any atom is -0.377 e. The molecule has 0 aromatic rings. The lowest BCUT2D eigenvalue weighted by Crippen LogP contribution is -2.31. The van der Waals surface area contributed by atoms with Crippen LogP contribution in [0.2, 0.25) is 0 Å². The van der Waals surface area contributed by atoms with Gasteiger partial charge in [0.1, 0.15) is 0 Å². The Balaban J connectivity index is 3.10. The number of hydrogen-bond acceptors (Lipinski definition) is 2. The zero-order valence-electron chi connectivity index (χ0n) is 16.9. The summed E-state index contributed by atoms with van der Waals surface area (Å²) in [4.78, 5) is 0. The molecule has 0 unspecified atom stereocenters. The second-order valence-corrected chi connectivity index (χ2v) is 7.90. The van der Waals surface area contributed by atoms with Gasteiger partial charge in [0.2, 0.25) is 0 Å². The van der Waals surface area contributed by atoms with E-state index in [0.29, 0.717) is 11.8 Å². The quantitative estimate of drug-likeness (QED) is 0.581. The van der Waals surface area contributed by atoms with Crippen molar-refractivity contribution in [1.82, 2.24) is 0 Å². The highest BCUT2D eigenvalue weighted by atomic mass is 16.5. The Bertz CT molecular complexity index is 459. The molecule has 0 fully saturated rings. The van der Waals surface area contributed by atoms with Gasteiger partial charge in [0.05, 0.1) is 11.7 Å². The third-order valence-electron chi connectivity index (χ3n) is 5.30. The van der Waals surface area contributed by atoms with Gasteiger partial charge in [-0.25, -0.2) is 0 Å². The van der Waals surface area contributed by atoms with Crippen LogP contribution < -0.4 is 0 Å². The first-order valence-electron chi connectivity index (χ1n) is 9.40. The SMILES string of the molecule is CO[C@H]1/C=C(\C)CC/C=C(\C)CC[C@@H](C(C)C)/C=C/[C@](C)(OC)C1. The molecule has 3 atom stereocenters. The van der Waals surface area contributed by atoms with Crippen LogP contribution in [0.3, 0.4) is 0 Å². The fourth-order valence-electron chi connectivity index (χ4n) is 3.25. The fraction of sp³-hybridized carbons (Fsp3) is 0.727. The van der Waals surface area contributed by atoms with Gasteiger partial charge >= 0.3 is 0 Å². The van der Waals surface area contributed by atoms with Gasteiger partial charge in [0, 0.05) is 20.6 Å². The van der Waals surface area contributed by atoms with Crippen LogP contribution >= 0.6 is 0 Å². The maximum atomic E-state index is 5.85. The summed E-state index contributed by atoms with van der Waals surface area (Å²) in [6.45, 7) is 11.3. The molecule has 0 aromatic heterocycles. The first-order valence-corrected chi connectivity index (χ1v) is 9.40. The maximum Gasteiger partial charge on any atom is 0.0858 e. The number of hydrogen-bond donors (Lipinski definition) is 0. The van der Waals surface area contributed by atoms with E-state index in [0.717, 1.165) is 19.3 Å². The molecule has 1 rings (SSSR count). The summed E-state index contributed by atoms with van der Waals surface area (Å²) in [5, 5.41) is 0. The third-order valence-corrected chi connectivity index (χ3v) is 5.30. The average molecular weight is 335 g/mol. The van der Waals surface area contributed by atoms with Crippen molar-refractivity contribution in [2.75, 3.05) is 14.2 Å². The Morgan fingerprint density at radius 3 is 2.42 bits per heavy atom. The summed E-state index contributed by atoms with van der Waals surface area (Å²) in [5.41, 5.74) is 2.61. The van der Waals surface area contributed by atoms with Crippen molar-refractivity contribution < 1.29 is 9.47 Å². The normalized spacial score (nSPS) is 36.3. The van der Waals surface area contributed by atoms with Crippen LogP contribution in [0.25, 0.3) is 0 Å². The molecule has 0 saturated heterocycles. The highest BCUT2D eigenvalue weighted by Crippen LogP contribution is 2.27. The third kappa shape index (κ3) is 7.36. The van der Waals surface area contributed by atoms with E-state index in [-0.39, 0.29) is 11.7 Å². The number of allylic oxidation sites excluding steroid dienone is 4. The lowest BCUT2D eigenvalue weighted by Gasteiger charge is -2.29. The van der Waals surface area contributed by atoms with Gasteiger partial charge in [-0.15, -0.1) is 0 Å². The first kappa shape index (κ1) is 21.2. The Kier molecular flexibility index (Phi) is 9.01. The van der Waals surface area contributed by atoms with Crippen LogP contribution in [0.4, 0.5) is 0 Å². The second kappa shape index (κ2) is 10.2. The monoisotopic (exact) mass is 334 g/mol. The average Bonchev–Trinajstić information content (AvgIpc) is 2.53. The van der Waals surface area contributed by atoms with Crippen LogP contribution in [-0.2, 0) is 9.47 Å². The topological polar surface area (TPSA) is 18.5 Å². The van der Waals surface area contributed by atoms with Crippen molar-refractivity contribution in [2.45, 2.75) is 78.4 Å². The standard InChI is InChI=1S/C22H38O2/c1-17(2)20-12-11-18(3)9-8-10-19(4)15-21(23-6)16-22(5,24-7)14-13-20/h9,13-15,17,20-21H,8,10-12,16H2,1-7H3/b14-13+,18-9+,19-15+/t20-,21+,22+/m1/s1. The summed E-state index contributed by atoms with van der Waals surface area (Å²) in [5.74, 6) is 1.23. The van der Waals surface area contributed by atoms with Gasteiger partial charge in [-0.3, -0.25) is 0 Å². The van der Waals surface area contributed by atoms with Gasteiger partial charge in [0.25, 0.3) is 0 Å². The van der Waals surface area contributed by atoms with Crippen molar-refractivity contribution >= 4 is 0 Å². The summed E-state index contributed by atoms with van der Waals surface area (Å²) >= 11 is 0. The largest absolute Gasteiger partial charge is 0.377 e. The van der Waals surface area contributed by atoms with E-state index in [4.69, 9.17) is 9.47 Å². The smallest absolute Gasteiger partial charge is 0.0858 e. The summed E-state index contributed by atoms with van der Waals surface area (Å²) in [6.07, 6.45) is 14.8. The van der Waals surface area contributed by atoms with E-state index >= 15 is 0 Å². The van der Waals surface area contributed by atoms with Crippen molar-refractivity contribution in [3.63, 3.8) is 0 Å². The molecule has 24 heavy (non-hydrogen) atoms. The van der Waals surface area contributed by atoms with Crippen LogP contribution in [0.5, 0.6) is 0 Å². The Labute approximate surface area is 150 Å². The summed E-state index contributed by atoms with van der Waals surface area (Å²) < 4.78 is 11.6. The molecular formula is C22H38O2. The molecule has 0 aliphatic heterocycles. The molecule has 0 heterocycles. The van der Waals surface area contributed by atoms with Gasteiger partial charge in [-0.05, 0) is 58.3 Å². The highest BCUT2D eigenvalue weighted by Gasteiger charge is 2.25. The van der Waals surface area contributed by atoms with E-state index in [1.54, 1.807) is 14.2 Å². The second-order valence-electron chi connectivity index (χ2n) is 7.90. The minimum absolute atomic E-state index is 0.0881. The first-order chi connectivity index (χ1) is 11.3. The van der Waals surface area contributed by atoms with Crippen molar-refractivity contribution in [3.8, 4) is 0 Å². The van der Waals surface area contributed by atoms with Crippen LogP contribution in [-0.4, -0.2) is 25.9 Å². The molecule has 0 aromatic carbocycles. The Morgan fingerprint density at radius 1 is 1.12 bits per heavy atom. The molecule has 0 radical (unpaired) electrons. The van der Waals surface area contributed by atoms with E-state index in [1.807, 2.05) is 0 Å². The van der Waals surface area contributed by atoms with Crippen molar-refractivity contribution in [1.29, 1.82) is 0 Å². The van der Waals surface area contributed by atoms with Crippen molar-refractivity contribution in [3.05, 3.63) is 35.5 Å². The fourth-order valence-corrected chi connectivity index (χ4v) is 3.25. The predicted molar refractivity (Wildman–Crippen MR) is 104 cm³/mol. The Hall–Kier alpha value is -0.860. The molecule has 1 aliphatic carbocycles. The number of ether oxygens (including phenoxy) is 2. The zero-order chi connectivity index (χ0) is 18.2. The van der Waals surface area contributed by atoms with E-state index in [9.17, 15) is 0 Å². The zero-order valence-corrected chi connectivity index (χ0v) is 16.9. The lowest BCUT2D eigenvalue weighted by molar-refractivity contribution is 0.000970. The van der Waals surface area contributed by atoms with Gasteiger partial charge < -0.3 is 9.47 Å². The van der Waals surface area contributed by atoms with Crippen molar-refractivity contribution in [2.24, 2.45) is 11.8 Å². The molecular weight excluding hydrogens is 296 g/mol. The number of rotatable bonds is 3. The molecule has 0 bridgehead atoms. The van der Waals surface area contributed by atoms with Crippen LogP contribution in [0.1, 0.15) is 66.7 Å². The molecule has 0 N–H and O–H groups in total. The molecule has 0 amide bonds. The Morgan fingerprint density at radius 2 is 1.83 bits per heavy atom. The summed E-state index contributed by atoms with van der Waals surface area (Å²) in [6, 6.07) is 0. The predicted octanol–water partition coefficient (Wildman–Crippen LogP) is 6.09. The maximum absolute atomic E-state index is 5.85. The summed E-state index contributed by atoms with van der Waals surface area (Å²) in [7, 11) is 3.59. The minimum atomic E-state index is -0.292. The van der Waals surface area contributed by atoms with E-state index < -0.39 is 0 Å². The molecule has 138 valence electrons.